The first-order valence-electron chi connectivity index (χ1n) is 7.51. The first kappa shape index (κ1) is 15.5. The molecular formula is C18H24N2O. The Morgan fingerprint density at radius 1 is 1.19 bits per heavy atom. The molecule has 2 atom stereocenters. The van der Waals surface area contributed by atoms with Crippen molar-refractivity contribution in [2.24, 2.45) is 11.7 Å². The Hall–Kier alpha value is -1.87. The molecule has 0 spiro atoms. The highest BCUT2D eigenvalue weighted by atomic mass is 16.2. The van der Waals surface area contributed by atoms with E-state index in [1.807, 2.05) is 26.1 Å². The molecular weight excluding hydrogens is 260 g/mol. The number of nitrogens with two attached hydrogens (primary N) is 1. The average Bonchev–Trinajstić information content (AvgIpc) is 2.52. The summed E-state index contributed by atoms with van der Waals surface area (Å²) in [6.07, 6.45) is 0.913. The number of amides is 1. The van der Waals surface area contributed by atoms with Gasteiger partial charge < -0.3 is 10.6 Å². The van der Waals surface area contributed by atoms with E-state index < -0.39 is 6.04 Å². The third kappa shape index (κ3) is 3.61. The van der Waals surface area contributed by atoms with E-state index in [0.717, 1.165) is 12.0 Å². The van der Waals surface area contributed by atoms with Crippen molar-refractivity contribution >= 4 is 16.7 Å². The SMILES string of the molecule is CCC(C)[C@H](N)C(=O)N(C)Cc1ccc2ccccc2c1. The maximum atomic E-state index is 12.3. The number of fused-ring (bicyclic) bond motifs is 1. The van der Waals surface area contributed by atoms with Crippen LogP contribution in [-0.2, 0) is 11.3 Å². The Kier molecular flexibility index (Phi) is 4.97. The number of hydrogen-bond acceptors (Lipinski definition) is 2. The van der Waals surface area contributed by atoms with Gasteiger partial charge in [-0.2, -0.15) is 0 Å². The fourth-order valence-electron chi connectivity index (χ4n) is 2.44. The molecule has 1 unspecified atom stereocenters. The minimum absolute atomic E-state index is 0.0116. The van der Waals surface area contributed by atoms with Gasteiger partial charge >= 0.3 is 0 Å². The Morgan fingerprint density at radius 2 is 1.86 bits per heavy atom. The molecule has 2 aromatic carbocycles. The van der Waals surface area contributed by atoms with Gasteiger partial charge in [-0.25, -0.2) is 0 Å². The Labute approximate surface area is 126 Å². The molecule has 2 aromatic rings. The van der Waals surface area contributed by atoms with Crippen LogP contribution >= 0.6 is 0 Å². The summed E-state index contributed by atoms with van der Waals surface area (Å²) in [6.45, 7) is 4.67. The van der Waals surface area contributed by atoms with Crippen molar-refractivity contribution in [3.8, 4) is 0 Å². The zero-order valence-corrected chi connectivity index (χ0v) is 13.0. The molecule has 3 nitrogen and oxygen atoms in total. The van der Waals surface area contributed by atoms with Crippen molar-refractivity contribution in [1.29, 1.82) is 0 Å². The van der Waals surface area contributed by atoms with Crippen molar-refractivity contribution < 1.29 is 4.79 Å². The summed E-state index contributed by atoms with van der Waals surface area (Å²) in [6, 6.07) is 14.1. The summed E-state index contributed by atoms with van der Waals surface area (Å²) in [5.41, 5.74) is 7.15. The van der Waals surface area contributed by atoms with Crippen LogP contribution in [0, 0.1) is 5.92 Å². The zero-order chi connectivity index (χ0) is 15.4. The van der Waals surface area contributed by atoms with Gasteiger partial charge in [0.1, 0.15) is 0 Å². The average molecular weight is 284 g/mol. The van der Waals surface area contributed by atoms with Crippen molar-refractivity contribution in [2.45, 2.75) is 32.9 Å². The van der Waals surface area contributed by atoms with Gasteiger partial charge in [-0.15, -0.1) is 0 Å². The lowest BCUT2D eigenvalue weighted by Crippen LogP contribution is -2.45. The summed E-state index contributed by atoms with van der Waals surface area (Å²) >= 11 is 0. The van der Waals surface area contributed by atoms with E-state index in [-0.39, 0.29) is 11.8 Å². The Balaban J connectivity index is 2.10. The van der Waals surface area contributed by atoms with Crippen LogP contribution < -0.4 is 5.73 Å². The van der Waals surface area contributed by atoms with Gasteiger partial charge in [-0.1, -0.05) is 56.7 Å². The first-order valence-corrected chi connectivity index (χ1v) is 7.51. The molecule has 0 aliphatic heterocycles. The molecule has 0 aliphatic carbocycles. The third-order valence-corrected chi connectivity index (χ3v) is 4.15. The minimum Gasteiger partial charge on any atom is -0.340 e. The summed E-state index contributed by atoms with van der Waals surface area (Å²) in [7, 11) is 1.82. The van der Waals surface area contributed by atoms with Gasteiger partial charge in [0.2, 0.25) is 5.91 Å². The summed E-state index contributed by atoms with van der Waals surface area (Å²) < 4.78 is 0. The van der Waals surface area contributed by atoms with E-state index in [1.54, 1.807) is 4.90 Å². The van der Waals surface area contributed by atoms with Crippen LogP contribution in [0.4, 0.5) is 0 Å². The molecule has 2 rings (SSSR count). The smallest absolute Gasteiger partial charge is 0.239 e. The molecule has 21 heavy (non-hydrogen) atoms. The molecule has 0 heterocycles. The number of carbonyl (C=O) groups excluding carboxylic acids is 1. The number of rotatable bonds is 5. The predicted octanol–water partition coefficient (Wildman–Crippen LogP) is 3.17. The minimum atomic E-state index is -0.416. The van der Waals surface area contributed by atoms with Gasteiger partial charge in [-0.05, 0) is 28.3 Å². The lowest BCUT2D eigenvalue weighted by atomic mass is 9.99. The van der Waals surface area contributed by atoms with E-state index in [2.05, 4.69) is 37.3 Å². The number of likely N-dealkylation sites (N-methyl/N-ethyl adjacent to an activating group) is 1. The molecule has 3 heteroatoms. The van der Waals surface area contributed by atoms with Crippen LogP contribution in [0.3, 0.4) is 0 Å². The second-order valence-corrected chi connectivity index (χ2v) is 5.79. The monoisotopic (exact) mass is 284 g/mol. The lowest BCUT2D eigenvalue weighted by Gasteiger charge is -2.24. The van der Waals surface area contributed by atoms with Crippen LogP contribution in [0.15, 0.2) is 42.5 Å². The van der Waals surface area contributed by atoms with Crippen LogP contribution in [0.5, 0.6) is 0 Å². The molecule has 0 fully saturated rings. The standard InChI is InChI=1S/C18H24N2O/c1-4-13(2)17(19)18(21)20(3)12-14-9-10-15-7-5-6-8-16(15)11-14/h5-11,13,17H,4,12,19H2,1-3H3/t13?,17-/m0/s1. The number of carbonyl (C=O) groups is 1. The summed E-state index contributed by atoms with van der Waals surface area (Å²) in [5.74, 6) is 0.217. The van der Waals surface area contributed by atoms with Gasteiger partial charge in [0, 0.05) is 13.6 Å². The second-order valence-electron chi connectivity index (χ2n) is 5.79. The molecule has 112 valence electrons. The molecule has 0 radical (unpaired) electrons. The van der Waals surface area contributed by atoms with E-state index >= 15 is 0 Å². The van der Waals surface area contributed by atoms with Crippen molar-refractivity contribution in [3.63, 3.8) is 0 Å². The van der Waals surface area contributed by atoms with Crippen LogP contribution in [0.1, 0.15) is 25.8 Å². The van der Waals surface area contributed by atoms with Gasteiger partial charge in [0.05, 0.1) is 6.04 Å². The second kappa shape index (κ2) is 6.72. The summed E-state index contributed by atoms with van der Waals surface area (Å²) in [4.78, 5) is 14.0. The third-order valence-electron chi connectivity index (χ3n) is 4.15. The fraction of sp³-hybridized carbons (Fsp3) is 0.389. The maximum absolute atomic E-state index is 12.3. The molecule has 1 amide bonds. The molecule has 0 saturated heterocycles. The van der Waals surface area contributed by atoms with Crippen molar-refractivity contribution in [2.75, 3.05) is 7.05 Å². The van der Waals surface area contributed by atoms with E-state index in [4.69, 9.17) is 5.73 Å². The van der Waals surface area contributed by atoms with Crippen molar-refractivity contribution in [1.82, 2.24) is 4.90 Å². The topological polar surface area (TPSA) is 46.3 Å². The normalized spacial score (nSPS) is 13.9. The highest BCUT2D eigenvalue weighted by molar-refractivity contribution is 5.84. The highest BCUT2D eigenvalue weighted by Crippen LogP contribution is 2.17. The lowest BCUT2D eigenvalue weighted by molar-refractivity contribution is -0.132. The zero-order valence-electron chi connectivity index (χ0n) is 13.0. The van der Waals surface area contributed by atoms with Crippen LogP contribution in [0.25, 0.3) is 10.8 Å². The van der Waals surface area contributed by atoms with Crippen molar-refractivity contribution in [3.05, 3.63) is 48.0 Å². The molecule has 2 N–H and O–H groups in total. The largest absolute Gasteiger partial charge is 0.340 e. The predicted molar refractivity (Wildman–Crippen MR) is 87.9 cm³/mol. The van der Waals surface area contributed by atoms with Crippen LogP contribution in [0.2, 0.25) is 0 Å². The maximum Gasteiger partial charge on any atom is 0.239 e. The quantitative estimate of drug-likeness (QED) is 0.916. The molecule has 0 aromatic heterocycles. The Bertz CT molecular complexity index is 623. The van der Waals surface area contributed by atoms with Gasteiger partial charge in [0.25, 0.3) is 0 Å². The molecule has 0 bridgehead atoms. The Morgan fingerprint density at radius 3 is 2.52 bits per heavy atom. The van der Waals surface area contributed by atoms with Gasteiger partial charge in [-0.3, -0.25) is 4.79 Å². The summed E-state index contributed by atoms with van der Waals surface area (Å²) in [5, 5.41) is 2.41. The number of hydrogen-bond donors (Lipinski definition) is 1. The number of benzene rings is 2. The van der Waals surface area contributed by atoms with E-state index in [1.165, 1.54) is 10.8 Å². The molecule has 0 aliphatic rings. The fourth-order valence-corrected chi connectivity index (χ4v) is 2.44. The first-order chi connectivity index (χ1) is 10.0. The van der Waals surface area contributed by atoms with Gasteiger partial charge in [0.15, 0.2) is 0 Å². The number of nitrogens with zero attached hydrogens (tertiary/aromatic N) is 1. The highest BCUT2D eigenvalue weighted by Gasteiger charge is 2.22. The van der Waals surface area contributed by atoms with E-state index in [9.17, 15) is 4.79 Å². The van der Waals surface area contributed by atoms with Crippen LogP contribution in [-0.4, -0.2) is 23.9 Å². The van der Waals surface area contributed by atoms with E-state index in [0.29, 0.717) is 6.54 Å². The molecule has 0 saturated carbocycles.